The topological polar surface area (TPSA) is 67.3 Å². The van der Waals surface area contributed by atoms with Crippen LogP contribution in [0.4, 0.5) is 0 Å². The van der Waals surface area contributed by atoms with Crippen molar-refractivity contribution in [2.24, 2.45) is 0 Å². The molecule has 1 N–H and O–H groups in total. The summed E-state index contributed by atoms with van der Waals surface area (Å²) in [4.78, 5) is 4.57. The summed E-state index contributed by atoms with van der Waals surface area (Å²) >= 11 is 6.53. The molecule has 2 rings (SSSR count). The smallest absolute Gasteiger partial charge is 0.232 e. The molecule has 0 aliphatic carbocycles. The van der Waals surface area contributed by atoms with Crippen LogP contribution < -0.4 is 0 Å². The lowest BCUT2D eigenvalue weighted by molar-refractivity contribution is 0.566. The number of rotatable bonds is 2. The summed E-state index contributed by atoms with van der Waals surface area (Å²) in [5, 5.41) is 14.3. The highest BCUT2D eigenvalue weighted by Gasteiger charge is 2.22. The lowest BCUT2D eigenvalue weighted by Gasteiger charge is -2.15. The van der Waals surface area contributed by atoms with Gasteiger partial charge in [-0.2, -0.15) is 5.21 Å². The molecule has 2 aromatic rings. The number of nitrogens with zero attached hydrogens (tertiary/aromatic N) is 4. The SMILES string of the molecule is CC(C)(C)c1nc(Sc2nn[nH]n2)sc1Br. The normalized spacial score (nSPS) is 12.0. The van der Waals surface area contributed by atoms with Gasteiger partial charge in [-0.3, -0.25) is 0 Å². The lowest BCUT2D eigenvalue weighted by Crippen LogP contribution is -2.12. The first-order valence-corrected chi connectivity index (χ1v) is 6.97. The largest absolute Gasteiger partial charge is 0.237 e. The van der Waals surface area contributed by atoms with Crippen LogP contribution in [-0.4, -0.2) is 25.6 Å². The van der Waals surface area contributed by atoms with E-state index >= 15 is 0 Å². The molecule has 0 spiro atoms. The molecule has 0 aliphatic rings. The fourth-order valence-corrected chi connectivity index (χ4v) is 4.37. The molecule has 16 heavy (non-hydrogen) atoms. The third kappa shape index (κ3) is 2.61. The number of hydrogen-bond donors (Lipinski definition) is 1. The fourth-order valence-electron chi connectivity index (χ4n) is 1.06. The highest BCUT2D eigenvalue weighted by atomic mass is 79.9. The molecule has 0 radical (unpaired) electrons. The summed E-state index contributed by atoms with van der Waals surface area (Å²) in [5.74, 6) is 0. The summed E-state index contributed by atoms with van der Waals surface area (Å²) in [6.45, 7) is 6.40. The van der Waals surface area contributed by atoms with Crippen LogP contribution in [-0.2, 0) is 5.41 Å². The van der Waals surface area contributed by atoms with Gasteiger partial charge in [0.1, 0.15) is 0 Å². The average Bonchev–Trinajstić information content (AvgIpc) is 2.74. The standard InChI is InChI=1S/C8H10BrN5S2/c1-8(2,3)4-5(9)15-7(10-4)16-6-11-13-14-12-6/h1-3H3,(H,11,12,13,14). The molecule has 8 heteroatoms. The van der Waals surface area contributed by atoms with Gasteiger partial charge in [-0.25, -0.2) is 4.98 Å². The third-order valence-electron chi connectivity index (χ3n) is 1.78. The molecular weight excluding hydrogens is 310 g/mol. The van der Waals surface area contributed by atoms with Crippen molar-refractivity contribution in [2.75, 3.05) is 0 Å². The first-order chi connectivity index (χ1) is 7.47. The molecular formula is C8H10BrN5S2. The monoisotopic (exact) mass is 319 g/mol. The van der Waals surface area contributed by atoms with Gasteiger partial charge in [-0.05, 0) is 32.9 Å². The van der Waals surface area contributed by atoms with Crippen LogP contribution in [0.1, 0.15) is 26.5 Å². The van der Waals surface area contributed by atoms with Crippen LogP contribution in [0.3, 0.4) is 0 Å². The summed E-state index contributed by atoms with van der Waals surface area (Å²) in [5.41, 5.74) is 1.09. The van der Waals surface area contributed by atoms with Gasteiger partial charge in [0.2, 0.25) is 5.16 Å². The van der Waals surface area contributed by atoms with Gasteiger partial charge in [0.05, 0.1) is 9.48 Å². The number of H-pyrrole nitrogens is 1. The van der Waals surface area contributed by atoms with Crippen molar-refractivity contribution in [3.05, 3.63) is 9.48 Å². The zero-order valence-corrected chi connectivity index (χ0v) is 12.2. The molecule has 0 aromatic carbocycles. The molecule has 0 unspecified atom stereocenters. The Hall–Kier alpha value is -0.470. The number of halogens is 1. The van der Waals surface area contributed by atoms with E-state index < -0.39 is 0 Å². The zero-order chi connectivity index (χ0) is 11.8. The number of nitrogens with one attached hydrogen (secondary N) is 1. The van der Waals surface area contributed by atoms with Crippen molar-refractivity contribution in [2.45, 2.75) is 35.7 Å². The Morgan fingerprint density at radius 3 is 2.62 bits per heavy atom. The van der Waals surface area contributed by atoms with Crippen molar-refractivity contribution in [1.29, 1.82) is 0 Å². The minimum Gasteiger partial charge on any atom is -0.232 e. The molecule has 0 fully saturated rings. The molecule has 5 nitrogen and oxygen atoms in total. The van der Waals surface area contributed by atoms with E-state index in [1.54, 1.807) is 11.3 Å². The van der Waals surface area contributed by atoms with Crippen LogP contribution in [0.5, 0.6) is 0 Å². The number of aromatic amines is 1. The highest BCUT2D eigenvalue weighted by molar-refractivity contribution is 9.11. The Morgan fingerprint density at radius 2 is 2.12 bits per heavy atom. The van der Waals surface area contributed by atoms with Crippen molar-refractivity contribution in [3.63, 3.8) is 0 Å². The number of tetrazole rings is 1. The van der Waals surface area contributed by atoms with Crippen LogP contribution in [0.25, 0.3) is 0 Å². The highest BCUT2D eigenvalue weighted by Crippen LogP contribution is 2.38. The van der Waals surface area contributed by atoms with Gasteiger partial charge in [-0.1, -0.05) is 32.1 Å². The minimum atomic E-state index is 0.0331. The fraction of sp³-hybridized carbons (Fsp3) is 0.500. The third-order valence-corrected chi connectivity index (χ3v) is 4.40. The van der Waals surface area contributed by atoms with Crippen molar-refractivity contribution in [3.8, 4) is 0 Å². The quantitative estimate of drug-likeness (QED) is 0.921. The molecule has 0 amide bonds. The second-order valence-electron chi connectivity index (χ2n) is 4.15. The molecule has 0 atom stereocenters. The van der Waals surface area contributed by atoms with E-state index in [0.717, 1.165) is 13.8 Å². The molecule has 2 aromatic heterocycles. The lowest BCUT2D eigenvalue weighted by atomic mass is 9.93. The van der Waals surface area contributed by atoms with E-state index in [2.05, 4.69) is 62.3 Å². The van der Waals surface area contributed by atoms with E-state index in [4.69, 9.17) is 0 Å². The summed E-state index contributed by atoms with van der Waals surface area (Å²) in [7, 11) is 0. The molecule has 0 aliphatic heterocycles. The second kappa shape index (κ2) is 4.42. The van der Waals surface area contributed by atoms with E-state index in [1.807, 2.05) is 0 Å². The van der Waals surface area contributed by atoms with Crippen LogP contribution in [0.15, 0.2) is 13.3 Å². The number of thiazole rings is 1. The van der Waals surface area contributed by atoms with Gasteiger partial charge in [0.15, 0.2) is 4.34 Å². The van der Waals surface area contributed by atoms with E-state index in [0.29, 0.717) is 5.16 Å². The Bertz CT molecular complexity index is 473. The van der Waals surface area contributed by atoms with Gasteiger partial charge in [0.25, 0.3) is 0 Å². The van der Waals surface area contributed by atoms with Crippen LogP contribution in [0, 0.1) is 0 Å². The van der Waals surface area contributed by atoms with E-state index in [1.165, 1.54) is 11.8 Å². The molecule has 0 bridgehead atoms. The first-order valence-electron chi connectivity index (χ1n) is 4.55. The van der Waals surface area contributed by atoms with Crippen molar-refractivity contribution < 1.29 is 0 Å². The maximum absolute atomic E-state index is 4.57. The van der Waals surface area contributed by atoms with E-state index in [-0.39, 0.29) is 5.41 Å². The summed E-state index contributed by atoms with van der Waals surface area (Å²) in [6, 6.07) is 0. The molecule has 2 heterocycles. The maximum Gasteiger partial charge on any atom is 0.237 e. The minimum absolute atomic E-state index is 0.0331. The van der Waals surface area contributed by atoms with E-state index in [9.17, 15) is 0 Å². The molecule has 86 valence electrons. The van der Waals surface area contributed by atoms with Gasteiger partial charge in [0, 0.05) is 5.41 Å². The van der Waals surface area contributed by atoms with Gasteiger partial charge in [-0.15, -0.1) is 10.2 Å². The Morgan fingerprint density at radius 1 is 1.38 bits per heavy atom. The second-order valence-corrected chi connectivity index (χ2v) is 7.68. The zero-order valence-electron chi connectivity index (χ0n) is 8.98. The van der Waals surface area contributed by atoms with Crippen molar-refractivity contribution in [1.82, 2.24) is 25.6 Å². The predicted octanol–water partition coefficient (Wildman–Crippen LogP) is 2.87. The summed E-state index contributed by atoms with van der Waals surface area (Å²) < 4.78 is 1.98. The number of aromatic nitrogens is 5. The maximum atomic E-state index is 4.57. The van der Waals surface area contributed by atoms with Crippen LogP contribution >= 0.6 is 39.0 Å². The molecule has 0 saturated heterocycles. The predicted molar refractivity (Wildman–Crippen MR) is 66.8 cm³/mol. The van der Waals surface area contributed by atoms with Gasteiger partial charge < -0.3 is 0 Å². The first kappa shape index (κ1) is 12.0. The van der Waals surface area contributed by atoms with Gasteiger partial charge >= 0.3 is 0 Å². The summed E-state index contributed by atoms with van der Waals surface area (Å²) in [6.07, 6.45) is 0. The average molecular weight is 320 g/mol. The Labute approximate surface area is 110 Å². The Balaban J connectivity index is 2.25. The Kier molecular flexibility index (Phi) is 3.32. The van der Waals surface area contributed by atoms with Crippen LogP contribution in [0.2, 0.25) is 0 Å². The molecule has 0 saturated carbocycles. The van der Waals surface area contributed by atoms with Crippen molar-refractivity contribution >= 4 is 39.0 Å². The number of hydrogen-bond acceptors (Lipinski definition) is 6.